The van der Waals surface area contributed by atoms with E-state index in [1.165, 1.54) is 0 Å². The predicted molar refractivity (Wildman–Crippen MR) is 76.2 cm³/mol. The van der Waals surface area contributed by atoms with E-state index in [9.17, 15) is 4.79 Å². The van der Waals surface area contributed by atoms with Crippen molar-refractivity contribution in [1.82, 2.24) is 0 Å². The number of Topliss-reactive ketones (excluding diaryl/α,β-unsaturated/α-hetero) is 1. The fourth-order valence-corrected chi connectivity index (χ4v) is 2.51. The smallest absolute Gasteiger partial charge is 0.196 e. The first-order chi connectivity index (χ1) is 9.79. The van der Waals surface area contributed by atoms with E-state index in [-0.39, 0.29) is 5.78 Å². The van der Waals surface area contributed by atoms with Crippen molar-refractivity contribution in [3.05, 3.63) is 65.2 Å². The van der Waals surface area contributed by atoms with Crippen LogP contribution in [0.25, 0.3) is 0 Å². The Hall–Kier alpha value is -2.13. The topological polar surface area (TPSA) is 35.5 Å². The van der Waals surface area contributed by atoms with E-state index in [0.29, 0.717) is 12.2 Å². The second kappa shape index (κ2) is 5.47. The van der Waals surface area contributed by atoms with Crippen LogP contribution < -0.4 is 4.74 Å². The summed E-state index contributed by atoms with van der Waals surface area (Å²) in [6, 6.07) is 15.1. The van der Waals surface area contributed by atoms with Crippen molar-refractivity contribution in [1.29, 1.82) is 0 Å². The second-order valence-corrected chi connectivity index (χ2v) is 4.81. The first-order valence-corrected chi connectivity index (χ1v) is 6.67. The second-order valence-electron chi connectivity index (χ2n) is 4.81. The summed E-state index contributed by atoms with van der Waals surface area (Å²) in [5.74, 6) is 0.864. The molecule has 0 aromatic heterocycles. The van der Waals surface area contributed by atoms with Gasteiger partial charge < -0.3 is 9.47 Å². The van der Waals surface area contributed by atoms with Gasteiger partial charge in [0.1, 0.15) is 11.9 Å². The fraction of sp³-hybridized carbons (Fsp3) is 0.235. The molecule has 0 amide bonds. The average molecular weight is 268 g/mol. The lowest BCUT2D eigenvalue weighted by atomic mass is 9.98. The molecular weight excluding hydrogens is 252 g/mol. The molecule has 0 bridgehead atoms. The Morgan fingerprint density at radius 2 is 2.00 bits per heavy atom. The molecule has 102 valence electrons. The van der Waals surface area contributed by atoms with Gasteiger partial charge in [-0.05, 0) is 29.3 Å². The Labute approximate surface area is 118 Å². The van der Waals surface area contributed by atoms with Crippen molar-refractivity contribution in [2.45, 2.75) is 12.5 Å². The number of carbonyl (C=O) groups excluding carboxylic acids is 1. The van der Waals surface area contributed by atoms with E-state index >= 15 is 0 Å². The Kier molecular flexibility index (Phi) is 3.52. The predicted octanol–water partition coefficient (Wildman–Crippen LogP) is 3.19. The number of ether oxygens (including phenoxy) is 2. The van der Waals surface area contributed by atoms with E-state index in [1.54, 1.807) is 13.2 Å². The van der Waals surface area contributed by atoms with Crippen molar-refractivity contribution in [2.75, 3.05) is 13.7 Å². The average Bonchev–Trinajstić information content (AvgIpc) is 2.96. The SMILES string of the molecule is COC(C(=O)c1ccc2c(c1)CCO2)c1ccccc1. The summed E-state index contributed by atoms with van der Waals surface area (Å²) in [6.45, 7) is 0.694. The summed E-state index contributed by atoms with van der Waals surface area (Å²) in [5, 5.41) is 0. The molecule has 1 aliphatic rings. The zero-order valence-electron chi connectivity index (χ0n) is 11.3. The van der Waals surface area contributed by atoms with Gasteiger partial charge in [-0.2, -0.15) is 0 Å². The Morgan fingerprint density at radius 1 is 1.20 bits per heavy atom. The normalized spacial score (nSPS) is 14.4. The first kappa shape index (κ1) is 12.9. The highest BCUT2D eigenvalue weighted by atomic mass is 16.5. The molecule has 2 aromatic rings. The first-order valence-electron chi connectivity index (χ1n) is 6.67. The number of rotatable bonds is 4. The number of ketones is 1. The summed E-state index contributed by atoms with van der Waals surface area (Å²) >= 11 is 0. The van der Waals surface area contributed by atoms with E-state index in [1.807, 2.05) is 42.5 Å². The summed E-state index contributed by atoms with van der Waals surface area (Å²) < 4.78 is 10.9. The lowest BCUT2D eigenvalue weighted by Crippen LogP contribution is -2.15. The molecule has 0 saturated heterocycles. The van der Waals surface area contributed by atoms with E-state index < -0.39 is 6.10 Å². The van der Waals surface area contributed by atoms with Gasteiger partial charge in [-0.3, -0.25) is 4.79 Å². The van der Waals surface area contributed by atoms with Crippen molar-refractivity contribution >= 4 is 5.78 Å². The number of fused-ring (bicyclic) bond motifs is 1. The molecule has 2 aromatic carbocycles. The van der Waals surface area contributed by atoms with Crippen LogP contribution in [0.4, 0.5) is 0 Å². The fourth-order valence-electron chi connectivity index (χ4n) is 2.51. The molecule has 3 rings (SSSR count). The van der Waals surface area contributed by atoms with Gasteiger partial charge in [0.15, 0.2) is 5.78 Å². The Balaban J connectivity index is 1.91. The van der Waals surface area contributed by atoms with Crippen molar-refractivity contribution in [3.63, 3.8) is 0 Å². The zero-order chi connectivity index (χ0) is 13.9. The van der Waals surface area contributed by atoms with Crippen LogP contribution >= 0.6 is 0 Å². The van der Waals surface area contributed by atoms with Crippen LogP contribution in [0.1, 0.15) is 27.6 Å². The quantitative estimate of drug-likeness (QED) is 0.799. The Morgan fingerprint density at radius 3 is 2.75 bits per heavy atom. The zero-order valence-corrected chi connectivity index (χ0v) is 11.3. The summed E-state index contributed by atoms with van der Waals surface area (Å²) in [4.78, 5) is 12.6. The van der Waals surface area contributed by atoms with Crippen LogP contribution in [0, 0.1) is 0 Å². The molecule has 0 N–H and O–H groups in total. The van der Waals surface area contributed by atoms with Crippen LogP contribution in [-0.2, 0) is 11.2 Å². The van der Waals surface area contributed by atoms with Crippen molar-refractivity contribution in [2.24, 2.45) is 0 Å². The lowest BCUT2D eigenvalue weighted by Gasteiger charge is -2.15. The minimum Gasteiger partial charge on any atom is -0.493 e. The standard InChI is InChI=1S/C17H16O3/c1-19-17(12-5-3-2-4-6-12)16(18)14-7-8-15-13(11-14)9-10-20-15/h2-8,11,17H,9-10H2,1H3. The highest BCUT2D eigenvalue weighted by Gasteiger charge is 2.23. The van der Waals surface area contributed by atoms with Gasteiger partial charge in [-0.15, -0.1) is 0 Å². The third-order valence-electron chi connectivity index (χ3n) is 3.55. The number of hydrogen-bond donors (Lipinski definition) is 0. The molecule has 0 radical (unpaired) electrons. The van der Waals surface area contributed by atoms with Crippen LogP contribution in [0.15, 0.2) is 48.5 Å². The van der Waals surface area contributed by atoms with Gasteiger partial charge in [0, 0.05) is 19.1 Å². The minimum atomic E-state index is -0.559. The molecule has 1 unspecified atom stereocenters. The third kappa shape index (κ3) is 2.32. The molecule has 3 heteroatoms. The van der Waals surface area contributed by atoms with Gasteiger partial charge >= 0.3 is 0 Å². The monoisotopic (exact) mass is 268 g/mol. The van der Waals surface area contributed by atoms with Gasteiger partial charge in [0.25, 0.3) is 0 Å². The molecule has 1 aliphatic heterocycles. The van der Waals surface area contributed by atoms with E-state index in [4.69, 9.17) is 9.47 Å². The van der Waals surface area contributed by atoms with Gasteiger partial charge in [-0.1, -0.05) is 30.3 Å². The minimum absolute atomic E-state index is 0.0200. The molecule has 3 nitrogen and oxygen atoms in total. The van der Waals surface area contributed by atoms with Crippen LogP contribution in [0.5, 0.6) is 5.75 Å². The molecule has 0 aliphatic carbocycles. The highest BCUT2D eigenvalue weighted by molar-refractivity contribution is 6.00. The molecular formula is C17H16O3. The molecule has 1 atom stereocenters. The number of hydrogen-bond acceptors (Lipinski definition) is 3. The summed E-state index contributed by atoms with van der Waals surface area (Å²) in [5.41, 5.74) is 2.64. The molecule has 20 heavy (non-hydrogen) atoms. The maximum Gasteiger partial charge on any atom is 0.196 e. The maximum atomic E-state index is 12.6. The lowest BCUT2D eigenvalue weighted by molar-refractivity contribution is 0.0604. The number of carbonyl (C=O) groups is 1. The highest BCUT2D eigenvalue weighted by Crippen LogP contribution is 2.28. The van der Waals surface area contributed by atoms with Crippen LogP contribution in [-0.4, -0.2) is 19.5 Å². The van der Waals surface area contributed by atoms with Crippen molar-refractivity contribution < 1.29 is 14.3 Å². The molecule has 0 spiro atoms. The van der Waals surface area contributed by atoms with Crippen LogP contribution in [0.3, 0.4) is 0 Å². The maximum absolute atomic E-state index is 12.6. The molecule has 0 fully saturated rings. The van der Waals surface area contributed by atoms with Gasteiger partial charge in [0.05, 0.1) is 6.61 Å². The van der Waals surface area contributed by atoms with E-state index in [0.717, 1.165) is 23.3 Å². The van der Waals surface area contributed by atoms with E-state index in [2.05, 4.69) is 0 Å². The van der Waals surface area contributed by atoms with Gasteiger partial charge in [-0.25, -0.2) is 0 Å². The summed E-state index contributed by atoms with van der Waals surface area (Å²) in [7, 11) is 1.56. The van der Waals surface area contributed by atoms with Gasteiger partial charge in [0.2, 0.25) is 0 Å². The molecule has 0 saturated carbocycles. The number of benzene rings is 2. The third-order valence-corrected chi connectivity index (χ3v) is 3.55. The van der Waals surface area contributed by atoms with Crippen LogP contribution in [0.2, 0.25) is 0 Å². The largest absolute Gasteiger partial charge is 0.493 e. The Bertz CT molecular complexity index is 619. The summed E-state index contributed by atoms with van der Waals surface area (Å²) in [6.07, 6.45) is 0.302. The number of methoxy groups -OCH3 is 1. The van der Waals surface area contributed by atoms with Crippen molar-refractivity contribution in [3.8, 4) is 5.75 Å². The molecule has 1 heterocycles.